The van der Waals surface area contributed by atoms with Crippen LogP contribution in [0.25, 0.3) is 0 Å². The molecule has 0 radical (unpaired) electrons. The van der Waals surface area contributed by atoms with Crippen LogP contribution in [0.5, 0.6) is 0 Å². The number of aryl methyl sites for hydroxylation is 1. The number of anilines is 1. The zero-order chi connectivity index (χ0) is 27.0. The van der Waals surface area contributed by atoms with Crippen molar-refractivity contribution in [2.75, 3.05) is 17.1 Å². The van der Waals surface area contributed by atoms with Crippen molar-refractivity contribution >= 4 is 39.1 Å². The lowest BCUT2D eigenvalue weighted by molar-refractivity contribution is -0.141. The van der Waals surface area contributed by atoms with Gasteiger partial charge in [-0.25, -0.2) is 8.42 Å². The molecule has 0 saturated heterocycles. The molecule has 2 aromatic carbocycles. The fourth-order valence-corrected chi connectivity index (χ4v) is 6.03. The highest BCUT2D eigenvalue weighted by Gasteiger charge is 2.31. The van der Waals surface area contributed by atoms with E-state index in [1.54, 1.807) is 29.2 Å². The molecular formula is C28H38ClN3O4S. The topological polar surface area (TPSA) is 86.8 Å². The third-order valence-electron chi connectivity index (χ3n) is 6.94. The predicted octanol–water partition coefficient (Wildman–Crippen LogP) is 5.06. The maximum absolute atomic E-state index is 13.6. The van der Waals surface area contributed by atoms with E-state index in [1.807, 2.05) is 38.1 Å². The van der Waals surface area contributed by atoms with E-state index in [2.05, 4.69) is 5.32 Å². The quantitative estimate of drug-likeness (QED) is 0.402. The molecule has 1 atom stereocenters. The smallest absolute Gasteiger partial charge is 0.243 e. The van der Waals surface area contributed by atoms with Crippen LogP contribution < -0.4 is 9.62 Å². The van der Waals surface area contributed by atoms with Gasteiger partial charge < -0.3 is 10.2 Å². The predicted molar refractivity (Wildman–Crippen MR) is 149 cm³/mol. The molecule has 1 N–H and O–H groups in total. The van der Waals surface area contributed by atoms with Crippen LogP contribution in [-0.2, 0) is 26.2 Å². The van der Waals surface area contributed by atoms with Crippen molar-refractivity contribution in [1.82, 2.24) is 10.2 Å². The molecule has 7 nitrogen and oxygen atoms in total. The minimum atomic E-state index is -3.57. The third-order valence-corrected chi connectivity index (χ3v) is 8.37. The molecule has 0 spiro atoms. The summed E-state index contributed by atoms with van der Waals surface area (Å²) in [5, 5.41) is 3.59. The number of benzene rings is 2. The van der Waals surface area contributed by atoms with Gasteiger partial charge in [-0.15, -0.1) is 0 Å². The normalized spacial score (nSPS) is 14.8. The number of carbonyl (C=O) groups excluding carboxylic acids is 2. The number of amides is 2. The van der Waals surface area contributed by atoms with Crippen LogP contribution in [0.4, 0.5) is 5.69 Å². The number of nitrogens with one attached hydrogen (secondary N) is 1. The summed E-state index contributed by atoms with van der Waals surface area (Å²) in [5.74, 6) is -0.288. The number of nitrogens with zero attached hydrogens (tertiary/aromatic N) is 2. The molecule has 1 aliphatic rings. The van der Waals surface area contributed by atoms with Crippen LogP contribution in [0, 0.1) is 6.92 Å². The van der Waals surface area contributed by atoms with E-state index >= 15 is 0 Å². The van der Waals surface area contributed by atoms with Gasteiger partial charge in [0.2, 0.25) is 21.8 Å². The summed E-state index contributed by atoms with van der Waals surface area (Å²) in [7, 11) is -3.57. The van der Waals surface area contributed by atoms with Crippen molar-refractivity contribution < 1.29 is 18.0 Å². The van der Waals surface area contributed by atoms with E-state index in [1.165, 1.54) is 4.31 Å². The minimum absolute atomic E-state index is 0.117. The van der Waals surface area contributed by atoms with E-state index in [0.29, 0.717) is 30.1 Å². The second-order valence-corrected chi connectivity index (χ2v) is 12.1. The van der Waals surface area contributed by atoms with Crippen LogP contribution in [0.15, 0.2) is 48.5 Å². The van der Waals surface area contributed by atoms with Gasteiger partial charge in [0, 0.05) is 30.6 Å². The molecule has 202 valence electrons. The van der Waals surface area contributed by atoms with E-state index in [9.17, 15) is 18.0 Å². The summed E-state index contributed by atoms with van der Waals surface area (Å²) in [6.45, 7) is 4.37. The lowest BCUT2D eigenvalue weighted by Crippen LogP contribution is -2.51. The Morgan fingerprint density at radius 2 is 1.81 bits per heavy atom. The zero-order valence-electron chi connectivity index (χ0n) is 22.0. The molecule has 1 saturated carbocycles. The van der Waals surface area contributed by atoms with Crippen LogP contribution in [0.2, 0.25) is 5.02 Å². The molecule has 1 fully saturated rings. The Morgan fingerprint density at radius 3 is 2.43 bits per heavy atom. The summed E-state index contributed by atoms with van der Waals surface area (Å²) in [6, 6.07) is 14.1. The van der Waals surface area contributed by atoms with Crippen LogP contribution in [-0.4, -0.2) is 50.0 Å². The highest BCUT2D eigenvalue weighted by molar-refractivity contribution is 7.92. The van der Waals surface area contributed by atoms with Crippen molar-refractivity contribution in [1.29, 1.82) is 0 Å². The van der Waals surface area contributed by atoms with Crippen LogP contribution >= 0.6 is 11.6 Å². The molecule has 0 aliphatic heterocycles. The number of rotatable bonds is 12. The number of hydrogen-bond acceptors (Lipinski definition) is 4. The summed E-state index contributed by atoms with van der Waals surface area (Å²) in [6.07, 6.45) is 6.22. The van der Waals surface area contributed by atoms with E-state index in [4.69, 9.17) is 11.6 Å². The maximum atomic E-state index is 13.6. The maximum Gasteiger partial charge on any atom is 0.243 e. The Labute approximate surface area is 226 Å². The Balaban J connectivity index is 1.76. The van der Waals surface area contributed by atoms with Gasteiger partial charge in [-0.1, -0.05) is 61.7 Å². The molecule has 2 amide bonds. The van der Waals surface area contributed by atoms with Gasteiger partial charge in [-0.05, 0) is 61.9 Å². The van der Waals surface area contributed by atoms with E-state index < -0.39 is 16.1 Å². The van der Waals surface area contributed by atoms with Gasteiger partial charge >= 0.3 is 0 Å². The van der Waals surface area contributed by atoms with E-state index in [0.717, 1.165) is 43.1 Å². The first-order valence-corrected chi connectivity index (χ1v) is 15.2. The lowest BCUT2D eigenvalue weighted by Gasteiger charge is -2.32. The Kier molecular flexibility index (Phi) is 10.4. The number of carbonyl (C=O) groups is 2. The van der Waals surface area contributed by atoms with Crippen molar-refractivity contribution in [3.05, 3.63) is 64.7 Å². The minimum Gasteiger partial charge on any atom is -0.352 e. The average molecular weight is 548 g/mol. The number of sulfonamides is 1. The molecule has 37 heavy (non-hydrogen) atoms. The van der Waals surface area contributed by atoms with Crippen LogP contribution in [0.1, 0.15) is 63.0 Å². The van der Waals surface area contributed by atoms with Crippen molar-refractivity contribution in [3.8, 4) is 0 Å². The van der Waals surface area contributed by atoms with Crippen LogP contribution in [0.3, 0.4) is 0 Å². The van der Waals surface area contributed by atoms with Gasteiger partial charge in [-0.3, -0.25) is 13.9 Å². The molecule has 2 aromatic rings. The fourth-order valence-electron chi connectivity index (χ4n) is 4.89. The Morgan fingerprint density at radius 1 is 1.11 bits per heavy atom. The molecule has 3 rings (SSSR count). The van der Waals surface area contributed by atoms with E-state index in [-0.39, 0.29) is 30.8 Å². The van der Waals surface area contributed by atoms with Crippen molar-refractivity contribution in [2.45, 2.75) is 77.4 Å². The van der Waals surface area contributed by atoms with Gasteiger partial charge in [0.1, 0.15) is 6.04 Å². The number of hydrogen-bond donors (Lipinski definition) is 1. The zero-order valence-corrected chi connectivity index (χ0v) is 23.5. The second-order valence-electron chi connectivity index (χ2n) is 9.78. The Bertz CT molecular complexity index is 1180. The monoisotopic (exact) mass is 547 g/mol. The highest BCUT2D eigenvalue weighted by atomic mass is 35.5. The van der Waals surface area contributed by atoms with Gasteiger partial charge in [0.15, 0.2) is 0 Å². The average Bonchev–Trinajstić information content (AvgIpc) is 3.35. The second kappa shape index (κ2) is 13.3. The Hall–Kier alpha value is -2.58. The molecule has 0 heterocycles. The summed E-state index contributed by atoms with van der Waals surface area (Å²) >= 11 is 6.08. The third kappa shape index (κ3) is 8.20. The van der Waals surface area contributed by atoms with Crippen molar-refractivity contribution in [3.63, 3.8) is 0 Å². The van der Waals surface area contributed by atoms with Gasteiger partial charge in [-0.2, -0.15) is 0 Å². The largest absolute Gasteiger partial charge is 0.352 e. The summed E-state index contributed by atoms with van der Waals surface area (Å²) < 4.78 is 26.2. The molecule has 0 unspecified atom stereocenters. The summed E-state index contributed by atoms with van der Waals surface area (Å²) in [5.41, 5.74) is 2.50. The van der Waals surface area contributed by atoms with Gasteiger partial charge in [0.05, 0.1) is 11.9 Å². The number of halogens is 1. The molecular weight excluding hydrogens is 510 g/mol. The lowest BCUT2D eigenvalue weighted by atomic mass is 10.0. The first-order chi connectivity index (χ1) is 17.6. The van der Waals surface area contributed by atoms with Gasteiger partial charge in [0.25, 0.3) is 0 Å². The first kappa shape index (κ1) is 29.0. The SMILES string of the molecule is CC[C@H](C(=O)NC1CCCC1)N(Cc1ccccc1C)C(=O)CCCN(c1cccc(Cl)c1)S(C)(=O)=O. The standard InChI is InChI=1S/C28H38ClN3O4S/c1-4-26(28(34)30-24-14-7-8-15-24)31(20-22-12-6-5-11-21(22)2)27(33)17-10-18-32(37(3,35)36)25-16-9-13-23(29)19-25/h5-6,9,11-13,16,19,24,26H,4,7-8,10,14-15,17-18,20H2,1-3H3,(H,30,34)/t26-/m1/s1. The first-order valence-electron chi connectivity index (χ1n) is 13.0. The molecule has 1 aliphatic carbocycles. The fraction of sp³-hybridized carbons (Fsp3) is 0.500. The molecule has 9 heteroatoms. The highest BCUT2D eigenvalue weighted by Crippen LogP contribution is 2.24. The molecule has 0 aromatic heterocycles. The van der Waals surface area contributed by atoms with Crippen molar-refractivity contribution in [2.24, 2.45) is 0 Å². The summed E-state index contributed by atoms with van der Waals surface area (Å²) in [4.78, 5) is 28.5. The molecule has 0 bridgehead atoms.